The van der Waals surface area contributed by atoms with Crippen LogP contribution in [0.3, 0.4) is 0 Å². The van der Waals surface area contributed by atoms with Gasteiger partial charge in [0.2, 0.25) is 0 Å². The van der Waals surface area contributed by atoms with E-state index in [9.17, 15) is 29.4 Å². The number of benzene rings is 4. The number of para-hydroxylation sites is 2. The number of amidine groups is 4. The number of amides is 4. The van der Waals surface area contributed by atoms with Gasteiger partial charge < -0.3 is 61.6 Å². The molecule has 0 saturated carbocycles. The first kappa shape index (κ1) is 70.4. The van der Waals surface area contributed by atoms with E-state index >= 15 is 0 Å². The van der Waals surface area contributed by atoms with Crippen LogP contribution in [-0.4, -0.2) is 153 Å². The maximum Gasteiger partial charge on any atom is 0.257 e. The summed E-state index contributed by atoms with van der Waals surface area (Å²) in [6, 6.07) is 23.4. The van der Waals surface area contributed by atoms with Crippen LogP contribution in [0.25, 0.3) is 0 Å². The molecule has 4 aromatic rings. The molecule has 0 saturated heterocycles. The van der Waals surface area contributed by atoms with Crippen LogP contribution in [0.2, 0.25) is 0 Å². The maximum absolute atomic E-state index is 13.3. The second-order valence-corrected chi connectivity index (χ2v) is 23.9. The van der Waals surface area contributed by atoms with E-state index in [0.29, 0.717) is 80.4 Å². The summed E-state index contributed by atoms with van der Waals surface area (Å²) in [4.78, 5) is 72.5. The summed E-state index contributed by atoms with van der Waals surface area (Å²) >= 11 is 6.32. The number of hydrogen-bond acceptors (Lipinski definition) is 22. The molecular formula is C55H68N12O12S6. The number of ether oxygens (including phenoxy) is 6. The second-order valence-electron chi connectivity index (χ2n) is 17.2. The number of aliphatic hydroxyl groups excluding tert-OH is 2. The normalized spacial score (nSPS) is 12.9. The molecule has 13 N–H and O–H groups in total. The van der Waals surface area contributed by atoms with E-state index < -0.39 is 48.7 Å². The van der Waals surface area contributed by atoms with E-state index in [2.05, 4.69) is 25.0 Å². The number of carbonyl (C=O) groups excluding carboxylic acids is 4. The molecular weight excluding hydrogens is 1210 g/mol. The predicted octanol–water partition coefficient (Wildman–Crippen LogP) is 6.67. The highest BCUT2D eigenvalue weighted by atomic mass is 32.2. The van der Waals surface area contributed by atoms with Gasteiger partial charge in [0.25, 0.3) is 23.6 Å². The lowest BCUT2D eigenvalue weighted by molar-refractivity contribution is -0.120. The van der Waals surface area contributed by atoms with Crippen LogP contribution in [0.5, 0.6) is 34.5 Å². The fourth-order valence-corrected chi connectivity index (χ4v) is 12.1. The number of nitrogens with zero attached hydrogens (tertiary/aromatic N) is 5. The molecule has 0 aliphatic heterocycles. The van der Waals surface area contributed by atoms with Crippen molar-refractivity contribution < 1.29 is 57.8 Å². The molecule has 0 radical (unpaired) electrons. The average Bonchev–Trinajstić information content (AvgIpc) is 3.62. The predicted molar refractivity (Wildman–Crippen MR) is 347 cm³/mol. The molecule has 24 nitrogen and oxygen atoms in total. The van der Waals surface area contributed by atoms with Gasteiger partial charge >= 0.3 is 0 Å². The van der Waals surface area contributed by atoms with Gasteiger partial charge in [-0.25, -0.2) is 4.99 Å². The third-order valence-corrected chi connectivity index (χ3v) is 16.5. The number of rotatable bonds is 29. The largest absolute Gasteiger partial charge is 0.497 e. The Hall–Kier alpha value is -7.06. The number of aliphatic imine (C=N–C) groups is 5. The van der Waals surface area contributed by atoms with Gasteiger partial charge in [-0.05, 0) is 112 Å². The van der Waals surface area contributed by atoms with Gasteiger partial charge in [0.15, 0.2) is 50.4 Å². The summed E-state index contributed by atoms with van der Waals surface area (Å²) in [6.45, 7) is -1.34. The molecule has 4 aromatic carbocycles. The number of thioether (sulfide) groups is 6. The number of hydrogen-bond donors (Lipinski definition) is 9. The Balaban J connectivity index is 1.32. The smallest absolute Gasteiger partial charge is 0.257 e. The molecule has 0 spiro atoms. The van der Waals surface area contributed by atoms with Crippen molar-refractivity contribution in [1.82, 2.24) is 0 Å². The van der Waals surface area contributed by atoms with Crippen LogP contribution in [-0.2, 0) is 32.0 Å². The first-order chi connectivity index (χ1) is 40.8. The molecule has 4 rings (SSSR count). The molecule has 0 heterocycles. The lowest BCUT2D eigenvalue weighted by atomic mass is 9.99. The number of nitrogens with two attached hydrogens (primary N) is 4. The van der Waals surface area contributed by atoms with E-state index in [4.69, 9.17) is 67.6 Å². The van der Waals surface area contributed by atoms with Crippen molar-refractivity contribution in [2.45, 2.75) is 43.9 Å². The summed E-state index contributed by atoms with van der Waals surface area (Å²) in [5, 5.41) is 45.7. The minimum Gasteiger partial charge on any atom is -0.497 e. The molecule has 30 heteroatoms. The minimum atomic E-state index is -1.03. The van der Waals surface area contributed by atoms with E-state index in [1.807, 2.05) is 0 Å². The van der Waals surface area contributed by atoms with Crippen molar-refractivity contribution in [3.63, 3.8) is 0 Å². The Morgan fingerprint density at radius 1 is 0.518 bits per heavy atom. The first-order valence-electron chi connectivity index (χ1n) is 25.5. The van der Waals surface area contributed by atoms with Gasteiger partial charge in [-0.3, -0.25) is 35.4 Å². The standard InChI is InChI=1S/C55H68N12O12S6/c1-74-36-14-6-10-32(24-36)38(28-68)50(72)66-54(61)84-44(58)20-23-81-30-47(85-55(62)67-51(73)39(29-69)33-11-7-15-37(25-33)75-2)63-31-79-41-17-9-13-35(49(41)78-5)27-46(71)65-53(60)83-43(57)19-22-80-21-18-42(56)82-52(59)64-45(70)26-34-12-8-16-40(76-3)48(34)77-4/h6-17,24-25,38-39,56-58,68-69H,18-23,26-31H2,1-5H3,(H2,59,64,70)(H2,60,65,71)(H2,61,66,72)(H2,62,67,73). The van der Waals surface area contributed by atoms with Gasteiger partial charge in [0.1, 0.15) is 11.5 Å². The highest BCUT2D eigenvalue weighted by molar-refractivity contribution is 8.28. The molecule has 0 aliphatic carbocycles. The zero-order valence-corrected chi connectivity index (χ0v) is 52.1. The van der Waals surface area contributed by atoms with Crippen molar-refractivity contribution in [3.05, 3.63) is 107 Å². The molecule has 4 amide bonds. The maximum atomic E-state index is 13.3. The van der Waals surface area contributed by atoms with Gasteiger partial charge in [0.05, 0.1) is 93.6 Å². The monoisotopic (exact) mass is 1280 g/mol. The summed E-state index contributed by atoms with van der Waals surface area (Å²) in [6.07, 6.45) is 0.608. The minimum absolute atomic E-state index is 0.0513. The van der Waals surface area contributed by atoms with Gasteiger partial charge in [-0.1, -0.05) is 48.5 Å². The third-order valence-electron chi connectivity index (χ3n) is 11.3. The fraction of sp³-hybridized carbons (Fsp3) is 0.345. The number of carbonyl (C=O) groups is 4. The SMILES string of the molecule is COc1cccc(C(CO)C(=O)N=C(N)SC(=N)CCSCC(=NCOc2cccc(CC(=O)N=C(N)SC(=N)CCSCCC(=N)SC(N)=NC(=O)Cc3cccc(OC)c3OC)c2OC)SC(N)=NC(=O)C(CO)c2cccc(OC)c2)c1. The number of aliphatic hydroxyl groups is 2. The van der Waals surface area contributed by atoms with Crippen LogP contribution in [0.1, 0.15) is 53.4 Å². The first-order valence-corrected chi connectivity index (χ1v) is 31.0. The Kier molecular flexibility index (Phi) is 31.6. The van der Waals surface area contributed by atoms with Crippen LogP contribution < -0.4 is 51.4 Å². The third kappa shape index (κ3) is 24.8. The zero-order chi connectivity index (χ0) is 62.3. The van der Waals surface area contributed by atoms with E-state index in [1.165, 1.54) is 59.1 Å². The van der Waals surface area contributed by atoms with E-state index in [-0.39, 0.29) is 79.0 Å². The van der Waals surface area contributed by atoms with Crippen LogP contribution in [0, 0.1) is 16.2 Å². The lowest BCUT2D eigenvalue weighted by Gasteiger charge is -2.14. The van der Waals surface area contributed by atoms with Gasteiger partial charge in [-0.2, -0.15) is 43.5 Å². The van der Waals surface area contributed by atoms with Crippen LogP contribution in [0.4, 0.5) is 0 Å². The zero-order valence-electron chi connectivity index (χ0n) is 47.2. The van der Waals surface area contributed by atoms with E-state index in [1.54, 1.807) is 84.9 Å². The molecule has 2 unspecified atom stereocenters. The highest BCUT2D eigenvalue weighted by Gasteiger charge is 2.23. The summed E-state index contributed by atoms with van der Waals surface area (Å²) in [7, 11) is 7.35. The van der Waals surface area contributed by atoms with Crippen molar-refractivity contribution in [1.29, 1.82) is 16.2 Å². The topological polar surface area (TPSA) is 402 Å². The van der Waals surface area contributed by atoms with E-state index in [0.717, 1.165) is 47.0 Å². The summed E-state index contributed by atoms with van der Waals surface area (Å²) < 4.78 is 32.9. The molecule has 85 heavy (non-hydrogen) atoms. The average molecular weight is 1280 g/mol. The molecule has 0 bridgehead atoms. The van der Waals surface area contributed by atoms with Crippen molar-refractivity contribution in [2.24, 2.45) is 47.9 Å². The summed E-state index contributed by atoms with van der Waals surface area (Å²) in [5.74, 6) is -0.468. The molecule has 0 aliphatic rings. The van der Waals surface area contributed by atoms with Crippen LogP contribution in [0.15, 0.2) is 110 Å². The Morgan fingerprint density at radius 2 is 0.929 bits per heavy atom. The molecule has 0 fully saturated rings. The Bertz CT molecular complexity index is 3150. The number of methoxy groups -OCH3 is 5. The highest BCUT2D eigenvalue weighted by Crippen LogP contribution is 2.33. The quantitative estimate of drug-likeness (QED) is 0.0156. The van der Waals surface area contributed by atoms with Crippen molar-refractivity contribution in [2.75, 3.05) is 78.5 Å². The summed E-state index contributed by atoms with van der Waals surface area (Å²) in [5.41, 5.74) is 26.4. The molecule has 456 valence electrons. The molecule has 2 atom stereocenters. The van der Waals surface area contributed by atoms with Gasteiger partial charge in [-0.15, -0.1) is 0 Å². The Labute approximate surface area is 517 Å². The van der Waals surface area contributed by atoms with Crippen molar-refractivity contribution >= 4 is 135 Å². The molecule has 0 aromatic heterocycles. The number of nitrogens with one attached hydrogen (secondary N) is 3. The lowest BCUT2D eigenvalue weighted by Crippen LogP contribution is -2.20. The van der Waals surface area contributed by atoms with Crippen molar-refractivity contribution in [3.8, 4) is 34.5 Å². The second kappa shape index (κ2) is 38.1. The van der Waals surface area contributed by atoms with Crippen LogP contribution >= 0.6 is 70.6 Å². The Morgan fingerprint density at radius 3 is 1.36 bits per heavy atom. The van der Waals surface area contributed by atoms with Gasteiger partial charge in [0, 0.05) is 36.1 Å². The fourth-order valence-electron chi connectivity index (χ4n) is 7.31.